The lowest BCUT2D eigenvalue weighted by atomic mass is 10.1. The molecule has 1 unspecified atom stereocenters. The van der Waals surface area contributed by atoms with E-state index in [1.54, 1.807) is 6.07 Å². The second kappa shape index (κ2) is 10.8. The Balaban J connectivity index is 1.68. The van der Waals surface area contributed by atoms with E-state index in [0.29, 0.717) is 12.2 Å². The highest BCUT2D eigenvalue weighted by Gasteiger charge is 2.33. The van der Waals surface area contributed by atoms with Gasteiger partial charge < -0.3 is 10.2 Å². The predicted octanol–water partition coefficient (Wildman–Crippen LogP) is 6.22. The van der Waals surface area contributed by atoms with Gasteiger partial charge >= 0.3 is 0 Å². The molecule has 0 fully saturated rings. The van der Waals surface area contributed by atoms with Gasteiger partial charge in [-0.25, -0.2) is 0 Å². The third kappa shape index (κ3) is 5.99. The normalized spacial score (nSPS) is 15.8. The monoisotopic (exact) mass is 430 g/mol. The highest BCUT2D eigenvalue weighted by molar-refractivity contribution is 7.86. The van der Waals surface area contributed by atoms with Crippen LogP contribution in [0, 0.1) is 0 Å². The largest absolute Gasteiger partial charge is 0.363 e. The maximum absolute atomic E-state index is 12.0. The third-order valence-electron chi connectivity index (χ3n) is 5.79. The number of hydrogen-bond acceptors (Lipinski definition) is 4. The number of benzene rings is 2. The number of fused-ring (bicyclic) bond motifs is 1. The molecule has 0 spiro atoms. The van der Waals surface area contributed by atoms with Gasteiger partial charge in [0.1, 0.15) is 4.90 Å². The molecule has 2 aromatic carbocycles. The zero-order valence-corrected chi connectivity index (χ0v) is 18.7. The van der Waals surface area contributed by atoms with Gasteiger partial charge in [0.05, 0.1) is 17.5 Å². The molecule has 0 aliphatic carbocycles. The molecular weight excluding hydrogens is 396 g/mol. The van der Waals surface area contributed by atoms with Crippen LogP contribution in [-0.2, 0) is 16.7 Å². The van der Waals surface area contributed by atoms with Gasteiger partial charge in [0.2, 0.25) is 0 Å². The molecule has 0 saturated heterocycles. The summed E-state index contributed by atoms with van der Waals surface area (Å²) in [6, 6.07) is 15.1. The number of rotatable bonds is 12. The second-order valence-corrected chi connectivity index (χ2v) is 9.55. The van der Waals surface area contributed by atoms with Crippen LogP contribution in [0.1, 0.15) is 70.3 Å². The van der Waals surface area contributed by atoms with Crippen LogP contribution in [0.4, 0.5) is 11.4 Å². The summed E-state index contributed by atoms with van der Waals surface area (Å²) >= 11 is 0. The van der Waals surface area contributed by atoms with E-state index < -0.39 is 10.1 Å². The minimum Gasteiger partial charge on any atom is -0.363 e. The van der Waals surface area contributed by atoms with Crippen molar-refractivity contribution in [3.05, 3.63) is 54.1 Å². The molecule has 0 bridgehead atoms. The molecule has 1 aliphatic rings. The Bertz CT molecular complexity index is 900. The van der Waals surface area contributed by atoms with Crippen LogP contribution in [-0.4, -0.2) is 19.1 Å². The molecule has 5 nitrogen and oxygen atoms in total. The summed E-state index contributed by atoms with van der Waals surface area (Å²) in [7, 11) is -4.30. The molecule has 0 aromatic heterocycles. The van der Waals surface area contributed by atoms with Gasteiger partial charge in [0.15, 0.2) is 0 Å². The lowest BCUT2D eigenvalue weighted by Gasteiger charge is -2.28. The SMILES string of the molecule is CCCCCCCCCCC1Nc2cccc(S(=O)(=O)O)c2N1Cc1ccccc1. The molecule has 1 aliphatic heterocycles. The van der Waals surface area contributed by atoms with Crippen molar-refractivity contribution in [1.82, 2.24) is 0 Å². The topological polar surface area (TPSA) is 69.6 Å². The molecule has 6 heteroatoms. The molecule has 0 radical (unpaired) electrons. The Labute approximate surface area is 181 Å². The molecular formula is C24H34N2O3S. The number of unbranched alkanes of at least 4 members (excludes halogenated alkanes) is 7. The number of nitrogens with one attached hydrogen (secondary N) is 1. The van der Waals surface area contributed by atoms with Crippen LogP contribution in [0.5, 0.6) is 0 Å². The van der Waals surface area contributed by atoms with Crippen molar-refractivity contribution in [1.29, 1.82) is 0 Å². The smallest absolute Gasteiger partial charge is 0.296 e. The van der Waals surface area contributed by atoms with Gasteiger partial charge in [-0.15, -0.1) is 0 Å². The third-order valence-corrected chi connectivity index (χ3v) is 6.67. The average Bonchev–Trinajstić information content (AvgIpc) is 3.07. The van der Waals surface area contributed by atoms with E-state index in [4.69, 9.17) is 0 Å². The predicted molar refractivity (Wildman–Crippen MR) is 124 cm³/mol. The number of hydrogen-bond donors (Lipinski definition) is 2. The first-order chi connectivity index (χ1) is 14.5. The Morgan fingerprint density at radius 2 is 1.57 bits per heavy atom. The summed E-state index contributed by atoms with van der Waals surface area (Å²) in [5.41, 5.74) is 2.46. The first-order valence-electron chi connectivity index (χ1n) is 11.2. The standard InChI is InChI=1S/C24H34N2O3S/c1-2-3-4-5-6-7-8-12-18-23-25-21-16-13-17-22(30(27,28)29)24(21)26(23)19-20-14-10-9-11-15-20/h9-11,13-17,23,25H,2-8,12,18-19H2,1H3,(H,27,28,29). The summed E-state index contributed by atoms with van der Waals surface area (Å²) in [5, 5.41) is 3.49. The first-order valence-corrected chi connectivity index (χ1v) is 12.6. The van der Waals surface area contributed by atoms with Crippen LogP contribution in [0.3, 0.4) is 0 Å². The maximum Gasteiger partial charge on any atom is 0.296 e. The van der Waals surface area contributed by atoms with E-state index in [-0.39, 0.29) is 11.1 Å². The number of anilines is 2. The fourth-order valence-electron chi connectivity index (χ4n) is 4.23. The molecule has 2 N–H and O–H groups in total. The van der Waals surface area contributed by atoms with Gasteiger partial charge in [-0.2, -0.15) is 8.42 Å². The van der Waals surface area contributed by atoms with E-state index in [9.17, 15) is 13.0 Å². The van der Waals surface area contributed by atoms with Crippen molar-refractivity contribution in [2.45, 2.75) is 82.3 Å². The van der Waals surface area contributed by atoms with Crippen LogP contribution >= 0.6 is 0 Å². The summed E-state index contributed by atoms with van der Waals surface area (Å²) < 4.78 is 33.8. The molecule has 164 valence electrons. The van der Waals surface area contributed by atoms with E-state index in [1.165, 1.54) is 51.0 Å². The van der Waals surface area contributed by atoms with Gasteiger partial charge in [0.25, 0.3) is 10.1 Å². The molecule has 2 aromatic rings. The molecule has 0 saturated carbocycles. The van der Waals surface area contributed by atoms with Gasteiger partial charge in [-0.05, 0) is 30.5 Å². The van der Waals surface area contributed by atoms with Crippen LogP contribution in [0.15, 0.2) is 53.4 Å². The zero-order valence-electron chi connectivity index (χ0n) is 17.9. The van der Waals surface area contributed by atoms with E-state index >= 15 is 0 Å². The van der Waals surface area contributed by atoms with Crippen molar-refractivity contribution >= 4 is 21.5 Å². The highest BCUT2D eigenvalue weighted by Crippen LogP contribution is 2.41. The molecule has 30 heavy (non-hydrogen) atoms. The molecule has 1 atom stereocenters. The number of nitrogens with zero attached hydrogens (tertiary/aromatic N) is 1. The fraction of sp³-hybridized carbons (Fsp3) is 0.500. The molecule has 0 amide bonds. The van der Waals surface area contributed by atoms with Gasteiger partial charge in [-0.1, -0.05) is 88.3 Å². The Kier molecular flexibility index (Phi) is 8.16. The summed E-state index contributed by atoms with van der Waals surface area (Å²) in [5.74, 6) is 0. The van der Waals surface area contributed by atoms with Crippen LogP contribution in [0.2, 0.25) is 0 Å². The zero-order chi connectivity index (χ0) is 21.4. The minimum atomic E-state index is -4.30. The van der Waals surface area contributed by atoms with Crippen molar-refractivity contribution in [2.75, 3.05) is 10.2 Å². The van der Waals surface area contributed by atoms with Crippen molar-refractivity contribution in [3.63, 3.8) is 0 Å². The Morgan fingerprint density at radius 1 is 0.900 bits per heavy atom. The first kappa shape index (κ1) is 22.6. The lowest BCUT2D eigenvalue weighted by Crippen LogP contribution is -2.35. The van der Waals surface area contributed by atoms with E-state index in [0.717, 1.165) is 24.1 Å². The molecule has 3 rings (SSSR count). The van der Waals surface area contributed by atoms with Gasteiger partial charge in [-0.3, -0.25) is 4.55 Å². The fourth-order valence-corrected chi connectivity index (χ4v) is 4.95. The van der Waals surface area contributed by atoms with Crippen molar-refractivity contribution in [2.24, 2.45) is 0 Å². The number of para-hydroxylation sites is 1. The van der Waals surface area contributed by atoms with Crippen molar-refractivity contribution in [3.8, 4) is 0 Å². The second-order valence-electron chi connectivity index (χ2n) is 8.16. The summed E-state index contributed by atoms with van der Waals surface area (Å²) in [6.45, 7) is 2.83. The van der Waals surface area contributed by atoms with Crippen molar-refractivity contribution < 1.29 is 13.0 Å². The Morgan fingerprint density at radius 3 is 2.23 bits per heavy atom. The minimum absolute atomic E-state index is 0.0168. The lowest BCUT2D eigenvalue weighted by molar-refractivity contribution is 0.482. The highest BCUT2D eigenvalue weighted by atomic mass is 32.2. The summed E-state index contributed by atoms with van der Waals surface area (Å²) in [4.78, 5) is 2.07. The average molecular weight is 431 g/mol. The van der Waals surface area contributed by atoms with Crippen LogP contribution in [0.25, 0.3) is 0 Å². The summed E-state index contributed by atoms with van der Waals surface area (Å²) in [6.07, 6.45) is 11.0. The van der Waals surface area contributed by atoms with E-state index in [1.807, 2.05) is 36.4 Å². The molecule has 1 heterocycles. The van der Waals surface area contributed by atoms with Crippen LogP contribution < -0.4 is 10.2 Å². The van der Waals surface area contributed by atoms with Gasteiger partial charge in [0, 0.05) is 6.54 Å². The van der Waals surface area contributed by atoms with E-state index in [2.05, 4.69) is 17.1 Å². The quantitative estimate of drug-likeness (QED) is 0.309. The Hall–Kier alpha value is -2.05. The maximum atomic E-state index is 12.0.